The Morgan fingerprint density at radius 2 is 2.32 bits per heavy atom. The molecule has 2 atom stereocenters. The second kappa shape index (κ2) is 7.49. The van der Waals surface area contributed by atoms with E-state index >= 15 is 0 Å². The van der Waals surface area contributed by atoms with Crippen LogP contribution in [0.1, 0.15) is 51.5 Å². The molecule has 1 N–H and O–H groups in total. The number of rotatable bonds is 6. The summed E-state index contributed by atoms with van der Waals surface area (Å²) in [7, 11) is 0. The number of aromatic nitrogens is 1. The van der Waals surface area contributed by atoms with Gasteiger partial charge in [-0.15, -0.1) is 0 Å². The van der Waals surface area contributed by atoms with Gasteiger partial charge in [0.2, 0.25) is 0 Å². The molecular weight excluding hydrogens is 236 g/mol. The molecule has 0 aromatic carbocycles. The summed E-state index contributed by atoms with van der Waals surface area (Å²) >= 11 is 0. The number of hydrogen-bond acceptors (Lipinski definition) is 3. The monoisotopic (exact) mass is 262 g/mol. The fraction of sp³-hybridized carbons (Fsp3) is 0.688. The van der Waals surface area contributed by atoms with Crippen LogP contribution in [0.15, 0.2) is 18.3 Å². The van der Waals surface area contributed by atoms with Crippen LogP contribution in [0.4, 0.5) is 5.82 Å². The number of hydrogen-bond donors (Lipinski definition) is 1. The van der Waals surface area contributed by atoms with Gasteiger partial charge in [0.05, 0.1) is 12.7 Å². The lowest BCUT2D eigenvalue weighted by Gasteiger charge is -2.27. The van der Waals surface area contributed by atoms with E-state index in [4.69, 9.17) is 4.74 Å². The number of pyridine rings is 1. The molecular formula is C16H26N2O. The SMILES string of the molecule is CCCNc1ncccc1COC1CCCC(C)C1. The zero-order valence-corrected chi connectivity index (χ0v) is 12.2. The van der Waals surface area contributed by atoms with Crippen LogP contribution < -0.4 is 5.32 Å². The fourth-order valence-corrected chi connectivity index (χ4v) is 2.70. The van der Waals surface area contributed by atoms with E-state index in [2.05, 4.69) is 30.2 Å². The van der Waals surface area contributed by atoms with Crippen LogP contribution in [0.3, 0.4) is 0 Å². The molecule has 0 bridgehead atoms. The van der Waals surface area contributed by atoms with Crippen LogP contribution in [-0.2, 0) is 11.3 Å². The van der Waals surface area contributed by atoms with Gasteiger partial charge in [-0.3, -0.25) is 0 Å². The van der Waals surface area contributed by atoms with Gasteiger partial charge in [-0.1, -0.05) is 32.8 Å². The first kappa shape index (κ1) is 14.3. The molecule has 1 saturated carbocycles. The molecule has 19 heavy (non-hydrogen) atoms. The van der Waals surface area contributed by atoms with E-state index in [1.165, 1.54) is 31.2 Å². The highest BCUT2D eigenvalue weighted by atomic mass is 16.5. The summed E-state index contributed by atoms with van der Waals surface area (Å²) in [6, 6.07) is 4.09. The predicted octanol–water partition coefficient (Wildman–Crippen LogP) is 4.00. The van der Waals surface area contributed by atoms with Gasteiger partial charge in [-0.25, -0.2) is 4.98 Å². The van der Waals surface area contributed by atoms with Crippen LogP contribution in [-0.4, -0.2) is 17.6 Å². The highest BCUT2D eigenvalue weighted by Crippen LogP contribution is 2.26. The van der Waals surface area contributed by atoms with Gasteiger partial charge >= 0.3 is 0 Å². The first-order valence-electron chi connectivity index (χ1n) is 7.59. The van der Waals surface area contributed by atoms with Crippen LogP contribution in [0.25, 0.3) is 0 Å². The average Bonchev–Trinajstić information content (AvgIpc) is 2.44. The average molecular weight is 262 g/mol. The Balaban J connectivity index is 1.87. The summed E-state index contributed by atoms with van der Waals surface area (Å²) in [5.41, 5.74) is 1.18. The first-order chi connectivity index (χ1) is 9.29. The molecule has 1 heterocycles. The molecule has 0 spiro atoms. The molecule has 1 aromatic rings. The molecule has 1 fully saturated rings. The zero-order valence-electron chi connectivity index (χ0n) is 12.2. The first-order valence-corrected chi connectivity index (χ1v) is 7.59. The topological polar surface area (TPSA) is 34.2 Å². The van der Waals surface area contributed by atoms with Crippen LogP contribution in [0.5, 0.6) is 0 Å². The highest BCUT2D eigenvalue weighted by Gasteiger charge is 2.19. The van der Waals surface area contributed by atoms with E-state index in [1.807, 2.05) is 12.3 Å². The van der Waals surface area contributed by atoms with Crippen molar-refractivity contribution in [1.82, 2.24) is 4.98 Å². The van der Waals surface area contributed by atoms with Crippen molar-refractivity contribution < 1.29 is 4.74 Å². The number of anilines is 1. The van der Waals surface area contributed by atoms with Crippen molar-refractivity contribution in [3.8, 4) is 0 Å². The van der Waals surface area contributed by atoms with Crippen molar-refractivity contribution in [1.29, 1.82) is 0 Å². The maximum Gasteiger partial charge on any atom is 0.131 e. The third kappa shape index (κ3) is 4.50. The van der Waals surface area contributed by atoms with Gasteiger partial charge < -0.3 is 10.1 Å². The van der Waals surface area contributed by atoms with Crippen molar-refractivity contribution in [3.63, 3.8) is 0 Å². The second-order valence-corrected chi connectivity index (χ2v) is 5.64. The summed E-state index contributed by atoms with van der Waals surface area (Å²) < 4.78 is 6.08. The van der Waals surface area contributed by atoms with Crippen molar-refractivity contribution in [3.05, 3.63) is 23.9 Å². The van der Waals surface area contributed by atoms with E-state index in [9.17, 15) is 0 Å². The lowest BCUT2D eigenvalue weighted by molar-refractivity contribution is 0.00481. The molecule has 0 amide bonds. The van der Waals surface area contributed by atoms with Crippen LogP contribution in [0.2, 0.25) is 0 Å². The number of ether oxygens (including phenoxy) is 1. The van der Waals surface area contributed by atoms with Crippen molar-refractivity contribution in [2.45, 2.75) is 58.7 Å². The fourth-order valence-electron chi connectivity index (χ4n) is 2.70. The second-order valence-electron chi connectivity index (χ2n) is 5.64. The summed E-state index contributed by atoms with van der Waals surface area (Å²) in [4.78, 5) is 4.40. The summed E-state index contributed by atoms with van der Waals surface area (Å²) in [6.45, 7) is 6.13. The quantitative estimate of drug-likeness (QED) is 0.841. The Labute approximate surface area is 116 Å². The van der Waals surface area contributed by atoms with Gasteiger partial charge in [0.15, 0.2) is 0 Å². The molecule has 2 rings (SSSR count). The van der Waals surface area contributed by atoms with E-state index in [0.29, 0.717) is 12.7 Å². The molecule has 0 aliphatic heterocycles. The minimum absolute atomic E-state index is 0.433. The highest BCUT2D eigenvalue weighted by molar-refractivity contribution is 5.43. The van der Waals surface area contributed by atoms with E-state index < -0.39 is 0 Å². The molecule has 1 aliphatic carbocycles. The maximum absolute atomic E-state index is 6.08. The standard InChI is InChI=1S/C16H26N2O/c1-3-9-17-16-14(7-5-10-18-16)12-19-15-8-4-6-13(2)11-15/h5,7,10,13,15H,3-4,6,8-9,11-12H2,1-2H3,(H,17,18). The molecule has 1 aromatic heterocycles. The Morgan fingerprint density at radius 3 is 3.11 bits per heavy atom. The Hall–Kier alpha value is -1.09. The Bertz CT molecular complexity index is 381. The Morgan fingerprint density at radius 1 is 1.42 bits per heavy atom. The number of nitrogens with zero attached hydrogens (tertiary/aromatic N) is 1. The van der Waals surface area contributed by atoms with Crippen molar-refractivity contribution in [2.24, 2.45) is 5.92 Å². The van der Waals surface area contributed by atoms with Crippen LogP contribution in [0, 0.1) is 5.92 Å². The smallest absolute Gasteiger partial charge is 0.131 e. The minimum Gasteiger partial charge on any atom is -0.373 e. The molecule has 0 saturated heterocycles. The van der Waals surface area contributed by atoms with Gasteiger partial charge in [0.1, 0.15) is 5.82 Å². The summed E-state index contributed by atoms with van der Waals surface area (Å²) in [5.74, 6) is 1.79. The third-order valence-corrected chi connectivity index (χ3v) is 3.80. The Kier molecular flexibility index (Phi) is 5.64. The number of nitrogens with one attached hydrogen (secondary N) is 1. The van der Waals surface area contributed by atoms with Gasteiger partial charge in [0.25, 0.3) is 0 Å². The molecule has 0 radical (unpaired) electrons. The normalized spacial score (nSPS) is 23.3. The third-order valence-electron chi connectivity index (χ3n) is 3.80. The van der Waals surface area contributed by atoms with Crippen molar-refractivity contribution in [2.75, 3.05) is 11.9 Å². The van der Waals surface area contributed by atoms with Gasteiger partial charge in [-0.05, 0) is 31.2 Å². The lowest BCUT2D eigenvalue weighted by Crippen LogP contribution is -2.21. The van der Waals surface area contributed by atoms with Gasteiger partial charge in [0, 0.05) is 18.3 Å². The summed E-state index contributed by atoms with van der Waals surface area (Å²) in [6.07, 6.45) is 8.46. The van der Waals surface area contributed by atoms with Crippen LogP contribution >= 0.6 is 0 Å². The van der Waals surface area contributed by atoms with Crippen molar-refractivity contribution >= 4 is 5.82 Å². The molecule has 3 nitrogen and oxygen atoms in total. The lowest BCUT2D eigenvalue weighted by atomic mass is 9.89. The minimum atomic E-state index is 0.433. The van der Waals surface area contributed by atoms with Gasteiger partial charge in [-0.2, -0.15) is 0 Å². The zero-order chi connectivity index (χ0) is 13.5. The largest absolute Gasteiger partial charge is 0.373 e. The predicted molar refractivity (Wildman–Crippen MR) is 79.2 cm³/mol. The van der Waals surface area contributed by atoms with E-state index in [-0.39, 0.29) is 0 Å². The molecule has 106 valence electrons. The maximum atomic E-state index is 6.08. The molecule has 1 aliphatic rings. The molecule has 3 heteroatoms. The van der Waals surface area contributed by atoms with E-state index in [0.717, 1.165) is 24.7 Å². The summed E-state index contributed by atoms with van der Waals surface area (Å²) in [5, 5.41) is 3.37. The molecule has 2 unspecified atom stereocenters. The van der Waals surface area contributed by atoms with E-state index in [1.54, 1.807) is 0 Å².